The van der Waals surface area contributed by atoms with Gasteiger partial charge in [-0.15, -0.1) is 0 Å². The van der Waals surface area contributed by atoms with Crippen LogP contribution in [0.25, 0.3) is 0 Å². The number of carbonyl (C=O) groups excluding carboxylic acids is 1. The third kappa shape index (κ3) is 4.03. The zero-order valence-electron chi connectivity index (χ0n) is 12.6. The number of alkyl halides is 3. The summed E-state index contributed by atoms with van der Waals surface area (Å²) < 4.78 is 39.7. The minimum atomic E-state index is -4.38. The minimum Gasteiger partial charge on any atom is -0.349 e. The first-order valence-corrected chi connectivity index (χ1v) is 7.80. The second-order valence-corrected chi connectivity index (χ2v) is 6.04. The zero-order valence-corrected chi connectivity index (χ0v) is 12.6. The molecule has 0 spiro atoms. The number of hydrogen-bond acceptors (Lipinski definition) is 4. The molecule has 1 saturated carbocycles. The maximum atomic E-state index is 13.2. The van der Waals surface area contributed by atoms with Gasteiger partial charge in [-0.3, -0.25) is 14.8 Å². The van der Waals surface area contributed by atoms with Crippen molar-refractivity contribution < 1.29 is 18.0 Å². The molecule has 1 unspecified atom stereocenters. The molecule has 128 valence electrons. The topological polar surface area (TPSA) is 73.1 Å². The van der Waals surface area contributed by atoms with E-state index in [4.69, 9.17) is 0 Å². The predicted molar refractivity (Wildman–Crippen MR) is 77.2 cm³/mol. The average Bonchev–Trinajstić information content (AvgIpc) is 3.24. The maximum Gasteiger partial charge on any atom is 0.405 e. The molecule has 1 aromatic rings. The fourth-order valence-electron chi connectivity index (χ4n) is 2.78. The second-order valence-electron chi connectivity index (χ2n) is 6.04. The summed E-state index contributed by atoms with van der Waals surface area (Å²) in [7, 11) is 0. The van der Waals surface area contributed by atoms with E-state index in [1.54, 1.807) is 6.07 Å². The molecule has 2 fully saturated rings. The lowest BCUT2D eigenvalue weighted by Gasteiger charge is -2.35. The number of halogens is 3. The van der Waals surface area contributed by atoms with Crippen LogP contribution in [0.3, 0.4) is 0 Å². The van der Waals surface area contributed by atoms with E-state index < -0.39 is 24.7 Å². The van der Waals surface area contributed by atoms with Gasteiger partial charge in [0.05, 0.1) is 0 Å². The third-order valence-corrected chi connectivity index (χ3v) is 4.27. The van der Waals surface area contributed by atoms with Crippen molar-refractivity contribution in [3.8, 4) is 0 Å². The number of piperazine rings is 1. The van der Waals surface area contributed by atoms with Crippen molar-refractivity contribution in [2.75, 3.05) is 32.7 Å². The van der Waals surface area contributed by atoms with Crippen LogP contribution in [-0.4, -0.2) is 65.9 Å². The molecule has 1 aliphatic carbocycles. The molecule has 2 heterocycles. The first-order valence-electron chi connectivity index (χ1n) is 7.80. The van der Waals surface area contributed by atoms with E-state index in [2.05, 4.69) is 20.8 Å². The number of H-pyrrole nitrogens is 1. The van der Waals surface area contributed by atoms with Crippen LogP contribution in [0.4, 0.5) is 13.2 Å². The zero-order chi connectivity index (χ0) is 16.4. The van der Waals surface area contributed by atoms with Crippen molar-refractivity contribution in [3.05, 3.63) is 17.5 Å². The summed E-state index contributed by atoms with van der Waals surface area (Å²) in [6.07, 6.45) is -2.26. The van der Waals surface area contributed by atoms with E-state index in [9.17, 15) is 18.0 Å². The summed E-state index contributed by atoms with van der Waals surface area (Å²) in [6.45, 7) is 1.20. The number of carbonyl (C=O) groups is 1. The molecule has 1 aromatic heterocycles. The van der Waals surface area contributed by atoms with Crippen molar-refractivity contribution in [2.24, 2.45) is 0 Å². The largest absolute Gasteiger partial charge is 0.405 e. The van der Waals surface area contributed by atoms with E-state index in [0.29, 0.717) is 32.1 Å². The number of rotatable bonds is 5. The molecule has 1 atom stereocenters. The predicted octanol–water partition coefficient (Wildman–Crippen LogP) is 0.853. The molecule has 9 heteroatoms. The van der Waals surface area contributed by atoms with Crippen molar-refractivity contribution in [2.45, 2.75) is 31.0 Å². The standard InChI is InChI=1S/C14H20F3N5O/c15-14(16,17)12(22-5-3-18-4-6-22)8-19-13(23)11-7-10(20-21-11)9-1-2-9/h7,9,12,18H,1-6,8H2,(H,19,23)(H,20,21). The SMILES string of the molecule is O=C(NCC(N1CCNCC1)C(F)(F)F)c1cc(C2CC2)[nH]n1. The highest BCUT2D eigenvalue weighted by molar-refractivity contribution is 5.92. The van der Waals surface area contributed by atoms with Gasteiger partial charge in [-0.05, 0) is 18.9 Å². The van der Waals surface area contributed by atoms with Gasteiger partial charge in [0, 0.05) is 44.3 Å². The van der Waals surface area contributed by atoms with Crippen molar-refractivity contribution in [1.82, 2.24) is 25.7 Å². The Morgan fingerprint density at radius 1 is 1.39 bits per heavy atom. The minimum absolute atomic E-state index is 0.146. The van der Waals surface area contributed by atoms with Gasteiger partial charge in [-0.2, -0.15) is 18.3 Å². The highest BCUT2D eigenvalue weighted by atomic mass is 19.4. The Hall–Kier alpha value is -1.61. The fourth-order valence-corrected chi connectivity index (χ4v) is 2.78. The molecule has 1 aliphatic heterocycles. The molecule has 0 aromatic carbocycles. The second kappa shape index (κ2) is 6.48. The molecule has 3 rings (SSSR count). The van der Waals surface area contributed by atoms with Crippen molar-refractivity contribution >= 4 is 5.91 Å². The van der Waals surface area contributed by atoms with Crippen LogP contribution in [0.1, 0.15) is 34.9 Å². The Morgan fingerprint density at radius 2 is 2.09 bits per heavy atom. The average molecular weight is 331 g/mol. The fraction of sp³-hybridized carbons (Fsp3) is 0.714. The monoisotopic (exact) mass is 331 g/mol. The van der Waals surface area contributed by atoms with Crippen molar-refractivity contribution in [3.63, 3.8) is 0 Å². The number of amides is 1. The summed E-state index contributed by atoms with van der Waals surface area (Å²) in [4.78, 5) is 13.4. The van der Waals surface area contributed by atoms with Gasteiger partial charge in [0.15, 0.2) is 0 Å². The molecular formula is C14H20F3N5O. The van der Waals surface area contributed by atoms with E-state index in [-0.39, 0.29) is 5.69 Å². The van der Waals surface area contributed by atoms with Gasteiger partial charge in [-0.1, -0.05) is 0 Å². The van der Waals surface area contributed by atoms with E-state index in [0.717, 1.165) is 18.5 Å². The Morgan fingerprint density at radius 3 is 2.70 bits per heavy atom. The molecule has 1 saturated heterocycles. The first-order chi connectivity index (χ1) is 10.9. The smallest absolute Gasteiger partial charge is 0.349 e. The number of nitrogens with one attached hydrogen (secondary N) is 3. The highest BCUT2D eigenvalue weighted by Gasteiger charge is 2.43. The summed E-state index contributed by atoms with van der Waals surface area (Å²) in [5.41, 5.74) is 1.03. The van der Waals surface area contributed by atoms with E-state index >= 15 is 0 Å². The Balaban J connectivity index is 1.59. The Kier molecular flexibility index (Phi) is 4.58. The molecule has 2 aliphatic rings. The van der Waals surface area contributed by atoms with E-state index in [1.807, 2.05) is 0 Å². The van der Waals surface area contributed by atoms with E-state index in [1.165, 1.54) is 4.90 Å². The van der Waals surface area contributed by atoms with Crippen LogP contribution in [0.5, 0.6) is 0 Å². The van der Waals surface area contributed by atoms with Crippen LogP contribution in [-0.2, 0) is 0 Å². The van der Waals surface area contributed by atoms with Crippen LogP contribution in [0, 0.1) is 0 Å². The van der Waals surface area contributed by atoms with Gasteiger partial charge < -0.3 is 10.6 Å². The Bertz CT molecular complexity index is 549. The summed E-state index contributed by atoms with van der Waals surface area (Å²) in [6, 6.07) is -0.0455. The Labute approximate surface area is 131 Å². The normalized spacial score (nSPS) is 21.2. The van der Waals surface area contributed by atoms with Gasteiger partial charge in [0.1, 0.15) is 11.7 Å². The third-order valence-electron chi connectivity index (χ3n) is 4.27. The van der Waals surface area contributed by atoms with Crippen LogP contribution < -0.4 is 10.6 Å². The van der Waals surface area contributed by atoms with Crippen molar-refractivity contribution in [1.29, 1.82) is 0 Å². The van der Waals surface area contributed by atoms with Crippen LogP contribution in [0.2, 0.25) is 0 Å². The van der Waals surface area contributed by atoms with Gasteiger partial charge in [-0.25, -0.2) is 0 Å². The maximum absolute atomic E-state index is 13.2. The molecule has 6 nitrogen and oxygen atoms in total. The molecular weight excluding hydrogens is 311 g/mol. The lowest BCUT2D eigenvalue weighted by molar-refractivity contribution is -0.183. The summed E-state index contributed by atoms with van der Waals surface area (Å²) in [5, 5.41) is 12.1. The number of aromatic amines is 1. The number of nitrogens with zero attached hydrogens (tertiary/aromatic N) is 2. The number of aromatic nitrogens is 2. The van der Waals surface area contributed by atoms with Crippen LogP contribution >= 0.6 is 0 Å². The quantitative estimate of drug-likeness (QED) is 0.748. The van der Waals surface area contributed by atoms with Gasteiger partial charge >= 0.3 is 6.18 Å². The molecule has 0 radical (unpaired) electrons. The number of hydrogen-bond donors (Lipinski definition) is 3. The van der Waals surface area contributed by atoms with Gasteiger partial charge in [0.2, 0.25) is 0 Å². The first kappa shape index (κ1) is 16.3. The highest BCUT2D eigenvalue weighted by Crippen LogP contribution is 2.39. The summed E-state index contributed by atoms with van der Waals surface area (Å²) >= 11 is 0. The molecule has 3 N–H and O–H groups in total. The summed E-state index contributed by atoms with van der Waals surface area (Å²) in [5.74, 6) is -0.162. The molecule has 1 amide bonds. The lowest BCUT2D eigenvalue weighted by Crippen LogP contribution is -2.57. The molecule has 0 bridgehead atoms. The lowest BCUT2D eigenvalue weighted by atomic mass is 10.2. The van der Waals surface area contributed by atoms with Crippen LogP contribution in [0.15, 0.2) is 6.07 Å². The molecule has 23 heavy (non-hydrogen) atoms. The van der Waals surface area contributed by atoms with Gasteiger partial charge in [0.25, 0.3) is 5.91 Å².